The van der Waals surface area contributed by atoms with Crippen molar-refractivity contribution in [1.82, 2.24) is 20.0 Å². The normalized spacial score (nSPS) is 18.7. The van der Waals surface area contributed by atoms with E-state index in [0.717, 1.165) is 107 Å². The summed E-state index contributed by atoms with van der Waals surface area (Å²) in [5.74, 6) is 1.22. The molecule has 1 atom stereocenters. The van der Waals surface area contributed by atoms with Crippen molar-refractivity contribution in [2.24, 2.45) is 5.92 Å². The summed E-state index contributed by atoms with van der Waals surface area (Å²) in [6.45, 7) is 7.30. The van der Waals surface area contributed by atoms with Gasteiger partial charge in [0.2, 0.25) is 17.7 Å². The van der Waals surface area contributed by atoms with Crippen molar-refractivity contribution in [3.63, 3.8) is 0 Å². The van der Waals surface area contributed by atoms with Gasteiger partial charge < -0.3 is 19.3 Å². The number of ether oxygens (including phenoxy) is 2. The fraction of sp³-hybridized carbons (Fsp3) is 0.531. The van der Waals surface area contributed by atoms with Crippen LogP contribution in [-0.4, -0.2) is 107 Å². The van der Waals surface area contributed by atoms with Gasteiger partial charge in [-0.05, 0) is 130 Å². The lowest BCUT2D eigenvalue weighted by Crippen LogP contribution is -2.40. The zero-order valence-electron chi connectivity index (χ0n) is 37.0. The van der Waals surface area contributed by atoms with Crippen LogP contribution in [0, 0.1) is 5.92 Å². The van der Waals surface area contributed by atoms with Gasteiger partial charge >= 0.3 is 0 Å². The maximum Gasteiger partial charge on any atom is 0.262 e. The van der Waals surface area contributed by atoms with Gasteiger partial charge in [-0.2, -0.15) is 0 Å². The third-order valence-corrected chi connectivity index (χ3v) is 12.7. The first-order valence-corrected chi connectivity index (χ1v) is 24.4. The molecule has 0 saturated carbocycles. The van der Waals surface area contributed by atoms with E-state index in [1.165, 1.54) is 10.5 Å². The van der Waals surface area contributed by atoms with E-state index in [-0.39, 0.29) is 36.1 Å². The van der Waals surface area contributed by atoms with Gasteiger partial charge in [-0.3, -0.25) is 38.4 Å². The number of methoxy groups -OCH3 is 1. The first-order chi connectivity index (χ1) is 29.9. The number of nitrogens with zero attached hydrogens (tertiary/aromatic N) is 3. The molecule has 0 aliphatic carbocycles. The van der Waals surface area contributed by atoms with Crippen LogP contribution in [0.15, 0.2) is 60.7 Å². The first-order valence-electron chi connectivity index (χ1n) is 22.4. The smallest absolute Gasteiger partial charge is 0.262 e. The van der Waals surface area contributed by atoms with Gasteiger partial charge in [-0.25, -0.2) is 0 Å². The average Bonchev–Trinajstić information content (AvgIpc) is 3.50. The summed E-state index contributed by atoms with van der Waals surface area (Å²) in [7, 11) is 0.976. The summed E-state index contributed by atoms with van der Waals surface area (Å²) in [6, 6.07) is 19.4. The highest BCUT2D eigenvalue weighted by atomic mass is 32.2. The Morgan fingerprint density at radius 2 is 1.50 bits per heavy atom. The van der Waals surface area contributed by atoms with Crippen LogP contribution in [0.5, 0.6) is 11.5 Å². The van der Waals surface area contributed by atoms with Gasteiger partial charge in [-0.15, -0.1) is 0 Å². The standard InChI is InChI=1S/C47H58N4O7.C2H6OS/c1-3-58-41-29-33(12-18-40(41)57-2)31-51-46(55)39-11-8-10-37(44(39)47(51)56)9-6-4-5-7-24-49-25-20-32(21-26-49)30-43(53)50-27-22-35(23-28-50)34-13-15-36(16-14-34)38-17-19-42(52)48-45(38)54;1-4(2)3/h8,10-16,18,29,32,35,38H,3-7,9,17,19-28,30-31H2,1-2H3,(H,48,52,54);1-2H3. The van der Waals surface area contributed by atoms with E-state index in [1.54, 1.807) is 31.8 Å². The van der Waals surface area contributed by atoms with E-state index in [0.29, 0.717) is 66.2 Å². The fourth-order valence-corrected chi connectivity index (χ4v) is 9.29. The Labute approximate surface area is 369 Å². The monoisotopic (exact) mass is 868 g/mol. The molecule has 0 radical (unpaired) electrons. The third-order valence-electron chi connectivity index (χ3n) is 12.7. The molecule has 4 aliphatic rings. The molecular weight excluding hydrogens is 805 g/mol. The lowest BCUT2D eigenvalue weighted by atomic mass is 9.85. The van der Waals surface area contributed by atoms with Gasteiger partial charge in [0.15, 0.2) is 11.5 Å². The molecule has 3 aromatic rings. The number of imide groups is 2. The number of aryl methyl sites for hydroxylation is 1. The summed E-state index contributed by atoms with van der Waals surface area (Å²) in [5, 5.41) is 2.45. The Kier molecular flexibility index (Phi) is 16.9. The molecule has 13 heteroatoms. The zero-order chi connectivity index (χ0) is 44.2. The van der Waals surface area contributed by atoms with Crippen LogP contribution < -0.4 is 14.8 Å². The topological polar surface area (TPSA) is 143 Å². The summed E-state index contributed by atoms with van der Waals surface area (Å²) < 4.78 is 20.6. The van der Waals surface area contributed by atoms with E-state index in [9.17, 15) is 28.2 Å². The number of benzene rings is 3. The number of fused-ring (bicyclic) bond motifs is 1. The van der Waals surface area contributed by atoms with Crippen LogP contribution in [0.4, 0.5) is 0 Å². The zero-order valence-corrected chi connectivity index (χ0v) is 37.8. The molecule has 3 saturated heterocycles. The van der Waals surface area contributed by atoms with Crippen molar-refractivity contribution in [3.8, 4) is 11.5 Å². The molecule has 4 heterocycles. The van der Waals surface area contributed by atoms with E-state index < -0.39 is 10.8 Å². The molecule has 3 aromatic carbocycles. The van der Waals surface area contributed by atoms with Crippen LogP contribution in [0.25, 0.3) is 0 Å². The number of hydrogen-bond acceptors (Lipinski definition) is 9. The number of hydrogen-bond donors (Lipinski definition) is 1. The molecule has 4 aliphatic heterocycles. The quantitative estimate of drug-likeness (QED) is 0.119. The van der Waals surface area contributed by atoms with Crippen molar-refractivity contribution < 1.29 is 37.7 Å². The Hall–Kier alpha value is -4.88. The Morgan fingerprint density at radius 1 is 0.806 bits per heavy atom. The number of unbranched alkanes of at least 4 members (excludes halogenated alkanes) is 3. The van der Waals surface area contributed by atoms with Gasteiger partial charge in [0.05, 0.1) is 37.3 Å². The molecule has 62 heavy (non-hydrogen) atoms. The highest BCUT2D eigenvalue weighted by molar-refractivity contribution is 7.83. The number of likely N-dealkylation sites (tertiary alicyclic amines) is 2. The molecule has 334 valence electrons. The predicted molar refractivity (Wildman–Crippen MR) is 241 cm³/mol. The second-order valence-electron chi connectivity index (χ2n) is 17.2. The van der Waals surface area contributed by atoms with E-state index in [1.807, 2.05) is 43.3 Å². The van der Waals surface area contributed by atoms with Crippen molar-refractivity contribution in [2.45, 2.75) is 102 Å². The summed E-state index contributed by atoms with van der Waals surface area (Å²) >= 11 is 0. The minimum Gasteiger partial charge on any atom is -0.493 e. The Morgan fingerprint density at radius 3 is 2.18 bits per heavy atom. The maximum absolute atomic E-state index is 13.6. The molecule has 1 unspecified atom stereocenters. The van der Waals surface area contributed by atoms with Crippen LogP contribution in [0.3, 0.4) is 0 Å². The first kappa shape index (κ1) is 46.6. The fourth-order valence-electron chi connectivity index (χ4n) is 9.29. The Balaban J connectivity index is 0.00000154. The summed E-state index contributed by atoms with van der Waals surface area (Å²) in [6.07, 6.45) is 13.9. The van der Waals surface area contributed by atoms with Crippen LogP contribution in [0.1, 0.15) is 132 Å². The average molecular weight is 869 g/mol. The summed E-state index contributed by atoms with van der Waals surface area (Å²) in [5.41, 5.74) is 5.01. The number of amides is 5. The van der Waals surface area contributed by atoms with Gasteiger partial charge in [0, 0.05) is 49.2 Å². The van der Waals surface area contributed by atoms with Crippen LogP contribution in [-0.2, 0) is 38.1 Å². The number of carbonyl (C=O) groups is 5. The second kappa shape index (κ2) is 22.5. The van der Waals surface area contributed by atoms with Gasteiger partial charge in [0.1, 0.15) is 0 Å². The van der Waals surface area contributed by atoms with Crippen molar-refractivity contribution in [1.29, 1.82) is 0 Å². The number of piperidine rings is 3. The molecule has 0 bridgehead atoms. The lowest BCUT2D eigenvalue weighted by molar-refractivity contribution is -0.135. The van der Waals surface area contributed by atoms with Crippen molar-refractivity contribution >= 4 is 40.3 Å². The maximum atomic E-state index is 13.6. The number of rotatable bonds is 16. The van der Waals surface area contributed by atoms with Crippen LogP contribution >= 0.6 is 0 Å². The lowest BCUT2D eigenvalue weighted by Gasteiger charge is -2.35. The van der Waals surface area contributed by atoms with Crippen LogP contribution in [0.2, 0.25) is 0 Å². The number of carbonyl (C=O) groups excluding carboxylic acids is 5. The van der Waals surface area contributed by atoms with Crippen molar-refractivity contribution in [3.05, 3.63) is 94.0 Å². The minimum atomic E-state index is -0.611. The number of nitrogens with one attached hydrogen (secondary N) is 1. The predicted octanol–water partition coefficient (Wildman–Crippen LogP) is 7.02. The minimum absolute atomic E-state index is 0.178. The molecule has 12 nitrogen and oxygen atoms in total. The molecule has 5 amide bonds. The molecule has 7 rings (SSSR count). The summed E-state index contributed by atoms with van der Waals surface area (Å²) in [4.78, 5) is 69.9. The molecule has 0 aromatic heterocycles. The molecular formula is C49H64N4O8S. The SMILES string of the molecule is CCOc1cc(CN2C(=O)c3cccc(CCCCCCN4CCC(CC(=O)N5CCC(c6ccc(C7CCC(=O)NC7=O)cc6)CC5)CC4)c3C2=O)ccc1OC.CS(C)=O. The van der Waals surface area contributed by atoms with Crippen molar-refractivity contribution in [2.75, 3.05) is 59.0 Å². The van der Waals surface area contributed by atoms with Gasteiger partial charge in [-0.1, -0.05) is 55.3 Å². The second-order valence-corrected chi connectivity index (χ2v) is 18.7. The largest absolute Gasteiger partial charge is 0.493 e. The highest BCUT2D eigenvalue weighted by Gasteiger charge is 2.37. The Bertz CT molecular complexity index is 2070. The van der Waals surface area contributed by atoms with E-state index >= 15 is 0 Å². The third kappa shape index (κ3) is 12.2. The molecule has 3 fully saturated rings. The van der Waals surface area contributed by atoms with E-state index in [4.69, 9.17) is 9.47 Å². The molecule has 1 N–H and O–H groups in total. The van der Waals surface area contributed by atoms with E-state index in [2.05, 4.69) is 27.2 Å². The highest BCUT2D eigenvalue weighted by Crippen LogP contribution is 2.34. The van der Waals surface area contributed by atoms with Gasteiger partial charge in [0.25, 0.3) is 11.8 Å². The molecule has 0 spiro atoms.